The molecule has 8 rings (SSSR count). The average molecular weight is 854 g/mol. The van der Waals surface area contributed by atoms with Gasteiger partial charge < -0.3 is 24.8 Å². The molecule has 4 aliphatic rings. The Bertz CT molecular complexity index is 1600. The number of hydrogen-bond donors (Lipinski definition) is 0. The van der Waals surface area contributed by atoms with Crippen LogP contribution in [-0.4, -0.2) is 8.42 Å². The zero-order chi connectivity index (χ0) is 35.4. The topological polar surface area (TPSA) is 0 Å². The minimum absolute atomic E-state index is 0. The quantitative estimate of drug-likeness (QED) is 0.227. The monoisotopic (exact) mass is 850 g/mol. The van der Waals surface area contributed by atoms with E-state index in [1.807, 2.05) is 0 Å². The van der Waals surface area contributed by atoms with E-state index in [2.05, 4.69) is 161 Å². The molecule has 0 aliphatic heterocycles. The van der Waals surface area contributed by atoms with Gasteiger partial charge in [0.25, 0.3) is 0 Å². The van der Waals surface area contributed by atoms with Gasteiger partial charge in [0.15, 0.2) is 0 Å². The van der Waals surface area contributed by atoms with Gasteiger partial charge in [0.2, 0.25) is 0 Å². The standard InChI is InChI=1S/4C11H11.2CH2.2ClH.2Zr/c4*1-8-6-7-9(2)11-5-3-4-10(8)11;;;;;;/h4*4,6-7H,5H2,1-2H3;2*1H2;2*1H;;/q4*-1;;;;;2*+2/p-2. The minimum Gasteiger partial charge on any atom is -1.00 e. The van der Waals surface area contributed by atoms with Gasteiger partial charge in [0, 0.05) is 0 Å². The third kappa shape index (κ3) is 11.5. The summed E-state index contributed by atoms with van der Waals surface area (Å²) >= 11 is 2.60. The summed E-state index contributed by atoms with van der Waals surface area (Å²) in [6.07, 6.45) is 25.4. The first-order valence-corrected chi connectivity index (χ1v) is 20.0. The van der Waals surface area contributed by atoms with E-state index in [1.54, 1.807) is 0 Å². The molecule has 0 amide bonds. The summed E-state index contributed by atoms with van der Waals surface area (Å²) < 4.78 is 6.68. The van der Waals surface area contributed by atoms with Crippen molar-refractivity contribution in [1.29, 1.82) is 0 Å². The van der Waals surface area contributed by atoms with Crippen molar-refractivity contribution in [2.45, 2.75) is 81.1 Å². The number of fused-ring (bicyclic) bond motifs is 4. The van der Waals surface area contributed by atoms with Crippen molar-refractivity contribution < 1.29 is 73.3 Å². The van der Waals surface area contributed by atoms with Crippen LogP contribution >= 0.6 is 0 Å². The molecule has 50 heavy (non-hydrogen) atoms. The maximum Gasteiger partial charge on any atom is -1.00 e. The van der Waals surface area contributed by atoms with Crippen LogP contribution in [0.4, 0.5) is 0 Å². The van der Waals surface area contributed by atoms with Gasteiger partial charge in [0.05, 0.1) is 0 Å². The van der Waals surface area contributed by atoms with E-state index >= 15 is 0 Å². The molecule has 4 aliphatic carbocycles. The fourth-order valence-electron chi connectivity index (χ4n) is 6.33. The van der Waals surface area contributed by atoms with Crippen LogP contribution in [0.15, 0.2) is 48.5 Å². The van der Waals surface area contributed by atoms with E-state index < -0.39 is 0 Å². The average Bonchev–Trinajstić information content (AvgIpc) is 3.94. The molecule has 0 atom stereocenters. The summed E-state index contributed by atoms with van der Waals surface area (Å²) in [4.78, 5) is 0. The van der Waals surface area contributed by atoms with Crippen LogP contribution in [0.2, 0.25) is 0 Å². The van der Waals surface area contributed by atoms with Crippen molar-refractivity contribution in [2.75, 3.05) is 0 Å². The number of benzene rings is 4. The summed E-state index contributed by atoms with van der Waals surface area (Å²) in [5.41, 5.74) is 22.5. The molecule has 0 radical (unpaired) electrons. The first-order valence-electron chi connectivity index (χ1n) is 16.5. The van der Waals surface area contributed by atoms with E-state index in [9.17, 15) is 0 Å². The second-order valence-corrected chi connectivity index (χ2v) is 12.5. The molecule has 256 valence electrons. The molecule has 4 aromatic rings. The van der Waals surface area contributed by atoms with E-state index in [1.165, 1.54) is 137 Å². The number of halogens is 2. The number of aryl methyl sites for hydroxylation is 8. The zero-order valence-corrected chi connectivity index (χ0v) is 37.4. The first kappa shape index (κ1) is 45.9. The largest absolute Gasteiger partial charge is 1.00 e. The Hall–Kier alpha value is -2.07. The molecule has 4 aromatic carbocycles. The van der Waals surface area contributed by atoms with Crippen molar-refractivity contribution in [1.82, 2.24) is 0 Å². The molecule has 0 nitrogen and oxygen atoms in total. The van der Waals surface area contributed by atoms with Crippen LogP contribution in [0.1, 0.15) is 89.0 Å². The van der Waals surface area contributed by atoms with Crippen molar-refractivity contribution in [3.8, 4) is 0 Å². The van der Waals surface area contributed by atoms with Gasteiger partial charge in [-0.05, 0) is 27.7 Å². The maximum atomic E-state index is 3.34. The number of allylic oxidation sites excluding steroid dienone is 4. The van der Waals surface area contributed by atoms with E-state index in [0.29, 0.717) is 0 Å². The molecular formula is C46H48Cl2Zr2-2. The summed E-state index contributed by atoms with van der Waals surface area (Å²) in [5, 5.41) is 0. The summed E-state index contributed by atoms with van der Waals surface area (Å²) in [7, 11) is 0. The van der Waals surface area contributed by atoms with Gasteiger partial charge in [-0.2, -0.15) is 22.3 Å². The fourth-order valence-corrected chi connectivity index (χ4v) is 6.33. The predicted octanol–water partition coefficient (Wildman–Crippen LogP) is 4.64. The van der Waals surface area contributed by atoms with Gasteiger partial charge in [-0.3, -0.25) is 24.3 Å². The van der Waals surface area contributed by atoms with Gasteiger partial charge in [-0.15, -0.1) is 70.2 Å². The third-order valence-corrected chi connectivity index (χ3v) is 9.34. The van der Waals surface area contributed by atoms with E-state index in [4.69, 9.17) is 0 Å². The second kappa shape index (κ2) is 22.8. The molecule has 0 saturated carbocycles. The van der Waals surface area contributed by atoms with Gasteiger partial charge in [0.1, 0.15) is 0 Å². The van der Waals surface area contributed by atoms with Crippen molar-refractivity contribution in [3.05, 3.63) is 162 Å². The summed E-state index contributed by atoms with van der Waals surface area (Å²) in [6, 6.07) is 17.5. The third-order valence-electron chi connectivity index (χ3n) is 9.34. The smallest absolute Gasteiger partial charge is 1.00 e. The molecular weight excluding hydrogens is 806 g/mol. The SMILES string of the molecule is Cc1ccc(C)c2c1C=[C-]C2.Cc1ccc(C)c2c1C=[C-]C2.Cc1ccc(C)c2c1C=[C-]C2.Cc1ccc(C)c2c1C=[C-]C2.[CH2]=[Zr+2].[CH2]=[Zr+2].[Cl-].[Cl-]. The van der Waals surface area contributed by atoms with Crippen LogP contribution < -0.4 is 24.8 Å². The summed E-state index contributed by atoms with van der Waals surface area (Å²) in [5.74, 6) is 0. The predicted molar refractivity (Wildman–Crippen MR) is 204 cm³/mol. The van der Waals surface area contributed by atoms with E-state index in [0.717, 1.165) is 25.7 Å². The maximum absolute atomic E-state index is 3.34. The molecule has 0 N–H and O–H groups in total. The molecule has 0 heterocycles. The zero-order valence-electron chi connectivity index (χ0n) is 30.9. The summed E-state index contributed by atoms with van der Waals surface area (Å²) in [6.45, 7) is 17.3. The van der Waals surface area contributed by atoms with Crippen LogP contribution in [0.25, 0.3) is 24.3 Å². The van der Waals surface area contributed by atoms with E-state index in [-0.39, 0.29) is 24.8 Å². The Morgan fingerprint density at radius 1 is 0.340 bits per heavy atom. The van der Waals surface area contributed by atoms with Crippen LogP contribution in [0, 0.1) is 79.7 Å². The molecule has 0 aromatic heterocycles. The first-order chi connectivity index (χ1) is 23.2. The Labute approximate surface area is 345 Å². The Morgan fingerprint density at radius 2 is 0.500 bits per heavy atom. The molecule has 0 saturated heterocycles. The number of rotatable bonds is 0. The van der Waals surface area contributed by atoms with Crippen molar-refractivity contribution >= 4 is 32.7 Å². The molecule has 0 bridgehead atoms. The minimum atomic E-state index is 0. The second-order valence-electron chi connectivity index (χ2n) is 12.5. The van der Waals surface area contributed by atoms with Crippen molar-refractivity contribution in [3.63, 3.8) is 0 Å². The van der Waals surface area contributed by atoms with Crippen molar-refractivity contribution in [2.24, 2.45) is 0 Å². The van der Waals surface area contributed by atoms with Crippen LogP contribution in [-0.2, 0) is 74.2 Å². The normalized spacial score (nSPS) is 12.2. The molecule has 0 spiro atoms. The Kier molecular flexibility index (Phi) is 20.9. The van der Waals surface area contributed by atoms with Crippen LogP contribution in [0.3, 0.4) is 0 Å². The Balaban J connectivity index is 0.000000318. The van der Waals surface area contributed by atoms with Gasteiger partial charge in [-0.25, -0.2) is 24.3 Å². The Morgan fingerprint density at radius 3 is 0.660 bits per heavy atom. The molecule has 0 fully saturated rings. The fraction of sp³-hybridized carbons (Fsp3) is 0.261. The number of hydrogen-bond acceptors (Lipinski definition) is 0. The molecule has 0 unspecified atom stereocenters. The van der Waals surface area contributed by atoms with Crippen LogP contribution in [0.5, 0.6) is 0 Å². The van der Waals surface area contributed by atoms with Gasteiger partial charge in [-0.1, -0.05) is 98.5 Å². The molecule has 4 heteroatoms. The van der Waals surface area contributed by atoms with Gasteiger partial charge >= 0.3 is 56.9 Å².